The second-order valence-corrected chi connectivity index (χ2v) is 6.66. The minimum Gasteiger partial charge on any atom is -0.496 e. The number of aliphatic carboxylic acids is 1. The van der Waals surface area contributed by atoms with Crippen LogP contribution in [0.25, 0.3) is 0 Å². The van der Waals surface area contributed by atoms with E-state index in [1.807, 2.05) is 12.1 Å². The Balaban J connectivity index is 2.43. The van der Waals surface area contributed by atoms with Crippen LogP contribution >= 0.6 is 0 Å². The number of hydrogen-bond acceptors (Lipinski definition) is 4. The van der Waals surface area contributed by atoms with Gasteiger partial charge in [-0.25, -0.2) is 0 Å². The second kappa shape index (κ2) is 5.63. The van der Waals surface area contributed by atoms with Crippen LogP contribution in [0, 0.1) is 5.41 Å². The van der Waals surface area contributed by atoms with Gasteiger partial charge >= 0.3 is 11.9 Å². The lowest BCUT2D eigenvalue weighted by atomic mass is 9.71. The molecule has 0 aromatic heterocycles. The Bertz CT molecular complexity index is 585. The molecule has 5 nitrogen and oxygen atoms in total. The van der Waals surface area contributed by atoms with Crippen LogP contribution in [0.1, 0.15) is 38.3 Å². The van der Waals surface area contributed by atoms with Crippen LogP contribution < -0.4 is 4.74 Å². The van der Waals surface area contributed by atoms with Crippen molar-refractivity contribution in [2.75, 3.05) is 7.11 Å². The summed E-state index contributed by atoms with van der Waals surface area (Å²) in [5, 5.41) is 9.70. The van der Waals surface area contributed by atoms with Crippen molar-refractivity contribution in [3.8, 4) is 5.75 Å². The summed E-state index contributed by atoms with van der Waals surface area (Å²) in [5.74, 6) is -1.20. The molecule has 1 aromatic rings. The zero-order valence-electron chi connectivity index (χ0n) is 13.4. The van der Waals surface area contributed by atoms with Gasteiger partial charge in [0.25, 0.3) is 0 Å². The minimum atomic E-state index is -1.55. The number of methoxy groups -OCH3 is 1. The van der Waals surface area contributed by atoms with E-state index in [-0.39, 0.29) is 12.8 Å². The monoisotopic (exact) mass is 306 g/mol. The van der Waals surface area contributed by atoms with Crippen LogP contribution in [-0.4, -0.2) is 29.8 Å². The molecule has 0 bridgehead atoms. The molecule has 0 spiro atoms. The van der Waals surface area contributed by atoms with Gasteiger partial charge in [-0.2, -0.15) is 0 Å². The van der Waals surface area contributed by atoms with E-state index in [1.54, 1.807) is 33.9 Å². The Labute approximate surface area is 130 Å². The number of fused-ring (bicyclic) bond motifs is 1. The lowest BCUT2D eigenvalue weighted by Crippen LogP contribution is -2.47. The molecule has 0 heterocycles. The SMILES string of the molecule is COc1cccc2c1CC(C(=O)O)(C(=O)OC(C)(C)C)CC2. The summed E-state index contributed by atoms with van der Waals surface area (Å²) in [6.45, 7) is 5.20. The Morgan fingerprint density at radius 3 is 2.50 bits per heavy atom. The molecular formula is C17H22O5. The highest BCUT2D eigenvalue weighted by Crippen LogP contribution is 2.41. The largest absolute Gasteiger partial charge is 0.496 e. The molecule has 22 heavy (non-hydrogen) atoms. The number of rotatable bonds is 3. The van der Waals surface area contributed by atoms with E-state index in [0.29, 0.717) is 12.2 Å². The van der Waals surface area contributed by atoms with E-state index in [1.165, 1.54) is 0 Å². The predicted molar refractivity (Wildman–Crippen MR) is 80.9 cm³/mol. The molecule has 0 aliphatic heterocycles. The molecule has 0 amide bonds. The number of carbonyl (C=O) groups excluding carboxylic acids is 1. The first-order chi connectivity index (χ1) is 10.2. The summed E-state index contributed by atoms with van der Waals surface area (Å²) < 4.78 is 10.7. The van der Waals surface area contributed by atoms with Gasteiger partial charge in [0.2, 0.25) is 0 Å². The topological polar surface area (TPSA) is 72.8 Å². The number of carbonyl (C=O) groups is 2. The molecule has 0 saturated heterocycles. The molecule has 5 heteroatoms. The Hall–Kier alpha value is -2.04. The van der Waals surface area contributed by atoms with Gasteiger partial charge in [-0.15, -0.1) is 0 Å². The summed E-state index contributed by atoms with van der Waals surface area (Å²) in [4.78, 5) is 24.4. The first kappa shape index (κ1) is 16.3. The van der Waals surface area contributed by atoms with Gasteiger partial charge in [0.15, 0.2) is 5.41 Å². The molecular weight excluding hydrogens is 284 g/mol. The highest BCUT2D eigenvalue weighted by atomic mass is 16.6. The van der Waals surface area contributed by atoms with Gasteiger partial charge in [-0.1, -0.05) is 12.1 Å². The van der Waals surface area contributed by atoms with Crippen LogP contribution in [0.2, 0.25) is 0 Å². The summed E-state index contributed by atoms with van der Waals surface area (Å²) in [6, 6.07) is 5.60. The van der Waals surface area contributed by atoms with Crippen LogP contribution in [0.15, 0.2) is 18.2 Å². The second-order valence-electron chi connectivity index (χ2n) is 6.66. The van der Waals surface area contributed by atoms with Crippen molar-refractivity contribution in [2.45, 2.75) is 45.6 Å². The third-order valence-electron chi connectivity index (χ3n) is 3.95. The van der Waals surface area contributed by atoms with Gasteiger partial charge in [-0.3, -0.25) is 9.59 Å². The van der Waals surface area contributed by atoms with Crippen LogP contribution in [0.4, 0.5) is 0 Å². The number of esters is 1. The van der Waals surface area contributed by atoms with E-state index < -0.39 is 23.0 Å². The fraction of sp³-hybridized carbons (Fsp3) is 0.529. The van der Waals surface area contributed by atoms with Crippen LogP contribution in [0.3, 0.4) is 0 Å². The third-order valence-corrected chi connectivity index (χ3v) is 3.95. The molecule has 0 radical (unpaired) electrons. The fourth-order valence-corrected chi connectivity index (χ4v) is 2.80. The Kier molecular flexibility index (Phi) is 4.18. The average molecular weight is 306 g/mol. The van der Waals surface area contributed by atoms with Gasteiger partial charge < -0.3 is 14.6 Å². The van der Waals surface area contributed by atoms with Crippen LogP contribution in [0.5, 0.6) is 5.75 Å². The summed E-state index contributed by atoms with van der Waals surface area (Å²) in [5.41, 5.74) is -0.459. The van der Waals surface area contributed by atoms with Gasteiger partial charge in [0, 0.05) is 6.42 Å². The maximum Gasteiger partial charge on any atom is 0.324 e. The molecule has 0 saturated carbocycles. The van der Waals surface area contributed by atoms with Crippen molar-refractivity contribution in [1.29, 1.82) is 0 Å². The van der Waals surface area contributed by atoms with Crippen molar-refractivity contribution in [3.05, 3.63) is 29.3 Å². The number of aryl methyl sites for hydroxylation is 1. The highest BCUT2D eigenvalue weighted by Gasteiger charge is 2.51. The molecule has 1 aromatic carbocycles. The molecule has 120 valence electrons. The first-order valence-corrected chi connectivity index (χ1v) is 7.31. The molecule has 1 unspecified atom stereocenters. The number of ether oxygens (including phenoxy) is 2. The standard InChI is InChI=1S/C17H22O5/c1-16(2,3)22-15(20)17(14(18)19)9-8-11-6-5-7-13(21-4)12(11)10-17/h5-7H,8-10H2,1-4H3,(H,18,19). The quantitative estimate of drug-likeness (QED) is 0.686. The zero-order chi connectivity index (χ0) is 16.5. The number of hydrogen-bond donors (Lipinski definition) is 1. The summed E-state index contributed by atoms with van der Waals surface area (Å²) in [6.07, 6.45) is 0.839. The highest BCUT2D eigenvalue weighted by molar-refractivity contribution is 6.00. The van der Waals surface area contributed by atoms with Crippen molar-refractivity contribution < 1.29 is 24.2 Å². The molecule has 1 N–H and O–H groups in total. The lowest BCUT2D eigenvalue weighted by molar-refractivity contribution is -0.177. The van der Waals surface area contributed by atoms with Crippen molar-refractivity contribution in [3.63, 3.8) is 0 Å². The molecule has 2 rings (SSSR count). The molecule has 1 aliphatic rings. The Morgan fingerprint density at radius 1 is 1.27 bits per heavy atom. The summed E-state index contributed by atoms with van der Waals surface area (Å²) in [7, 11) is 1.54. The van der Waals surface area contributed by atoms with Crippen molar-refractivity contribution in [1.82, 2.24) is 0 Å². The third kappa shape index (κ3) is 2.93. The Morgan fingerprint density at radius 2 is 1.95 bits per heavy atom. The smallest absolute Gasteiger partial charge is 0.324 e. The van der Waals surface area contributed by atoms with E-state index >= 15 is 0 Å². The maximum absolute atomic E-state index is 12.5. The number of carboxylic acids is 1. The zero-order valence-corrected chi connectivity index (χ0v) is 13.4. The van der Waals surface area contributed by atoms with Gasteiger partial charge in [0.1, 0.15) is 11.4 Å². The van der Waals surface area contributed by atoms with Crippen LogP contribution in [-0.2, 0) is 27.2 Å². The summed E-state index contributed by atoms with van der Waals surface area (Å²) >= 11 is 0. The van der Waals surface area contributed by atoms with E-state index in [9.17, 15) is 14.7 Å². The minimum absolute atomic E-state index is 0.0938. The normalized spacial score (nSPS) is 20.9. The van der Waals surface area contributed by atoms with E-state index in [2.05, 4.69) is 0 Å². The average Bonchev–Trinajstić information content (AvgIpc) is 2.43. The molecule has 1 aliphatic carbocycles. The first-order valence-electron chi connectivity index (χ1n) is 7.31. The van der Waals surface area contributed by atoms with E-state index in [0.717, 1.165) is 11.1 Å². The van der Waals surface area contributed by atoms with E-state index in [4.69, 9.17) is 9.47 Å². The molecule has 0 fully saturated rings. The lowest BCUT2D eigenvalue weighted by Gasteiger charge is -2.35. The fourth-order valence-electron chi connectivity index (χ4n) is 2.80. The van der Waals surface area contributed by atoms with Crippen molar-refractivity contribution in [2.24, 2.45) is 5.41 Å². The van der Waals surface area contributed by atoms with Crippen molar-refractivity contribution >= 4 is 11.9 Å². The predicted octanol–water partition coefficient (Wildman–Crippen LogP) is 2.60. The number of benzene rings is 1. The maximum atomic E-state index is 12.5. The van der Waals surface area contributed by atoms with Gasteiger partial charge in [-0.05, 0) is 50.8 Å². The molecule has 1 atom stereocenters. The number of carboxylic acid groups (broad SMARTS) is 1. The van der Waals surface area contributed by atoms with Gasteiger partial charge in [0.05, 0.1) is 7.11 Å².